The molecule has 0 saturated carbocycles. The monoisotopic (exact) mass is 436 g/mol. The number of benzene rings is 1. The van der Waals surface area contributed by atoms with Crippen molar-refractivity contribution in [1.29, 1.82) is 0 Å². The molecule has 3 heterocycles. The van der Waals surface area contributed by atoms with Gasteiger partial charge in [0.2, 0.25) is 0 Å². The van der Waals surface area contributed by atoms with E-state index in [0.717, 1.165) is 46.4 Å². The van der Waals surface area contributed by atoms with Gasteiger partial charge in [-0.3, -0.25) is 0 Å². The standard InChI is InChI=1S/C19H18BrClN2OS/c20-16-17-18(25-19(16)14-8-4-5-9-24-14)13(10-15(21)23-17)22-11-12-6-2-1-3-7-12/h1-3,6-7,10,14H,4-5,8-9,11H2,(H,22,23)/t14-/m1/s1. The summed E-state index contributed by atoms with van der Waals surface area (Å²) in [6.45, 7) is 1.58. The third kappa shape index (κ3) is 3.70. The van der Waals surface area contributed by atoms with E-state index in [0.29, 0.717) is 5.15 Å². The Balaban J connectivity index is 1.68. The number of halogens is 2. The van der Waals surface area contributed by atoms with Gasteiger partial charge in [-0.25, -0.2) is 4.98 Å². The highest BCUT2D eigenvalue weighted by Gasteiger charge is 2.24. The van der Waals surface area contributed by atoms with E-state index >= 15 is 0 Å². The van der Waals surface area contributed by atoms with Gasteiger partial charge in [0, 0.05) is 19.2 Å². The van der Waals surface area contributed by atoms with E-state index in [-0.39, 0.29) is 6.10 Å². The van der Waals surface area contributed by atoms with Crippen LogP contribution < -0.4 is 5.32 Å². The van der Waals surface area contributed by atoms with Gasteiger partial charge in [0.05, 0.1) is 31.4 Å². The number of hydrogen-bond donors (Lipinski definition) is 1. The number of aromatic nitrogens is 1. The summed E-state index contributed by atoms with van der Waals surface area (Å²) in [4.78, 5) is 5.75. The molecule has 0 amide bonds. The Kier molecular flexibility index (Phi) is 5.27. The first-order chi connectivity index (χ1) is 12.2. The van der Waals surface area contributed by atoms with Gasteiger partial charge in [0.1, 0.15) is 5.15 Å². The van der Waals surface area contributed by atoms with Gasteiger partial charge in [-0.2, -0.15) is 0 Å². The maximum Gasteiger partial charge on any atom is 0.131 e. The van der Waals surface area contributed by atoms with E-state index in [2.05, 4.69) is 38.4 Å². The average molecular weight is 438 g/mol. The summed E-state index contributed by atoms with van der Waals surface area (Å²) in [5, 5.41) is 4.01. The summed E-state index contributed by atoms with van der Waals surface area (Å²) in [6.07, 6.45) is 3.57. The highest BCUT2D eigenvalue weighted by atomic mass is 79.9. The zero-order valence-corrected chi connectivity index (χ0v) is 16.8. The van der Waals surface area contributed by atoms with Gasteiger partial charge in [-0.15, -0.1) is 11.3 Å². The molecule has 1 fully saturated rings. The molecule has 1 aliphatic rings. The normalized spacial score (nSPS) is 17.8. The van der Waals surface area contributed by atoms with Crippen molar-refractivity contribution in [3.05, 3.63) is 56.5 Å². The quantitative estimate of drug-likeness (QED) is 0.469. The van der Waals surface area contributed by atoms with Crippen molar-refractivity contribution in [3.63, 3.8) is 0 Å². The first-order valence-electron chi connectivity index (χ1n) is 8.40. The van der Waals surface area contributed by atoms with Crippen LogP contribution >= 0.6 is 38.9 Å². The predicted molar refractivity (Wildman–Crippen MR) is 109 cm³/mol. The third-order valence-corrected chi connectivity index (χ3v) is 6.94. The van der Waals surface area contributed by atoms with Crippen LogP contribution in [0.5, 0.6) is 0 Å². The van der Waals surface area contributed by atoms with E-state index in [1.54, 1.807) is 11.3 Å². The van der Waals surface area contributed by atoms with Crippen LogP contribution in [0.15, 0.2) is 40.9 Å². The lowest BCUT2D eigenvalue weighted by atomic mass is 10.1. The van der Waals surface area contributed by atoms with Crippen molar-refractivity contribution < 1.29 is 4.74 Å². The van der Waals surface area contributed by atoms with Crippen LogP contribution in [0.2, 0.25) is 5.15 Å². The zero-order chi connectivity index (χ0) is 17.2. The minimum absolute atomic E-state index is 0.156. The number of hydrogen-bond acceptors (Lipinski definition) is 4. The molecule has 3 aromatic rings. The van der Waals surface area contributed by atoms with Crippen LogP contribution in [0.25, 0.3) is 10.2 Å². The molecule has 2 aromatic heterocycles. The molecule has 1 saturated heterocycles. The Morgan fingerprint density at radius 3 is 2.88 bits per heavy atom. The number of nitrogens with zero attached hydrogens (tertiary/aromatic N) is 1. The summed E-state index contributed by atoms with van der Waals surface area (Å²) in [7, 11) is 0. The molecule has 25 heavy (non-hydrogen) atoms. The van der Waals surface area contributed by atoms with Crippen molar-refractivity contribution in [3.8, 4) is 0 Å². The first-order valence-corrected chi connectivity index (χ1v) is 10.4. The van der Waals surface area contributed by atoms with Crippen LogP contribution in [0, 0.1) is 0 Å². The number of pyridine rings is 1. The zero-order valence-electron chi connectivity index (χ0n) is 13.6. The van der Waals surface area contributed by atoms with E-state index in [1.165, 1.54) is 16.9 Å². The molecule has 0 spiro atoms. The van der Waals surface area contributed by atoms with Crippen LogP contribution in [0.1, 0.15) is 35.8 Å². The molecule has 1 aliphatic heterocycles. The molecule has 130 valence electrons. The van der Waals surface area contributed by atoms with Crippen molar-refractivity contribution in [2.75, 3.05) is 11.9 Å². The second-order valence-corrected chi connectivity index (χ2v) is 8.38. The van der Waals surface area contributed by atoms with Gasteiger partial charge in [0.25, 0.3) is 0 Å². The number of fused-ring (bicyclic) bond motifs is 1. The molecule has 6 heteroatoms. The minimum Gasteiger partial charge on any atom is -0.380 e. The maximum atomic E-state index is 6.27. The SMILES string of the molecule is Clc1cc(NCc2ccccc2)c2sc([C@H]3CCCCO3)c(Br)c2n1. The molecular weight excluding hydrogens is 420 g/mol. The molecule has 0 unspecified atom stereocenters. The Labute approximate surface area is 164 Å². The third-order valence-electron chi connectivity index (χ3n) is 4.38. The fourth-order valence-electron chi connectivity index (χ4n) is 3.10. The number of rotatable bonds is 4. The molecular formula is C19H18BrClN2OS. The Hall–Kier alpha value is -1.14. The maximum absolute atomic E-state index is 6.27. The second-order valence-electron chi connectivity index (χ2n) is 6.14. The highest BCUT2D eigenvalue weighted by Crippen LogP contribution is 2.45. The van der Waals surface area contributed by atoms with Crippen LogP contribution in [0.4, 0.5) is 5.69 Å². The first kappa shape index (κ1) is 17.3. The Bertz CT molecular complexity index is 878. The van der Waals surface area contributed by atoms with Gasteiger partial charge in [0.15, 0.2) is 0 Å². The van der Waals surface area contributed by atoms with Crippen molar-refractivity contribution >= 4 is 54.8 Å². The highest BCUT2D eigenvalue weighted by molar-refractivity contribution is 9.10. The topological polar surface area (TPSA) is 34.1 Å². The van der Waals surface area contributed by atoms with Gasteiger partial charge in [-0.1, -0.05) is 41.9 Å². The minimum atomic E-state index is 0.156. The number of anilines is 1. The van der Waals surface area contributed by atoms with E-state index in [1.807, 2.05) is 24.3 Å². The summed E-state index contributed by atoms with van der Waals surface area (Å²) in [6, 6.07) is 12.2. The van der Waals surface area contributed by atoms with E-state index < -0.39 is 0 Å². The number of ether oxygens (including phenoxy) is 1. The van der Waals surface area contributed by atoms with E-state index in [9.17, 15) is 0 Å². The average Bonchev–Trinajstić information content (AvgIpc) is 2.98. The largest absolute Gasteiger partial charge is 0.380 e. The van der Waals surface area contributed by atoms with Crippen molar-refractivity contribution in [2.45, 2.75) is 31.9 Å². The Morgan fingerprint density at radius 1 is 1.28 bits per heavy atom. The Morgan fingerprint density at radius 2 is 2.12 bits per heavy atom. The van der Waals surface area contributed by atoms with Gasteiger partial charge in [-0.05, 0) is 40.8 Å². The van der Waals surface area contributed by atoms with E-state index in [4.69, 9.17) is 16.3 Å². The van der Waals surface area contributed by atoms with Gasteiger partial charge >= 0.3 is 0 Å². The van der Waals surface area contributed by atoms with Crippen LogP contribution in [-0.4, -0.2) is 11.6 Å². The summed E-state index contributed by atoms with van der Waals surface area (Å²) in [5.41, 5.74) is 3.17. The molecule has 0 radical (unpaired) electrons. The fraction of sp³-hybridized carbons (Fsp3) is 0.316. The van der Waals surface area contributed by atoms with Gasteiger partial charge < -0.3 is 10.1 Å². The van der Waals surface area contributed by atoms with Crippen LogP contribution in [-0.2, 0) is 11.3 Å². The molecule has 0 bridgehead atoms. The summed E-state index contributed by atoms with van der Waals surface area (Å²) >= 11 is 11.8. The smallest absolute Gasteiger partial charge is 0.131 e. The van der Waals surface area contributed by atoms with Crippen molar-refractivity contribution in [1.82, 2.24) is 4.98 Å². The second kappa shape index (κ2) is 7.62. The molecule has 4 rings (SSSR count). The number of thiophene rings is 1. The molecule has 0 aliphatic carbocycles. The lowest BCUT2D eigenvalue weighted by molar-refractivity contribution is 0.0168. The summed E-state index contributed by atoms with van der Waals surface area (Å²) < 4.78 is 8.11. The van der Waals surface area contributed by atoms with Crippen LogP contribution in [0.3, 0.4) is 0 Å². The number of nitrogens with one attached hydrogen (secondary N) is 1. The lowest BCUT2D eigenvalue weighted by Gasteiger charge is -2.21. The lowest BCUT2D eigenvalue weighted by Crippen LogP contribution is -2.10. The molecule has 3 nitrogen and oxygen atoms in total. The molecule has 1 atom stereocenters. The molecule has 1 aromatic carbocycles. The van der Waals surface area contributed by atoms with Crippen molar-refractivity contribution in [2.24, 2.45) is 0 Å². The fourth-order valence-corrected chi connectivity index (χ4v) is 5.42. The summed E-state index contributed by atoms with van der Waals surface area (Å²) in [5.74, 6) is 0. The predicted octanol–water partition coefficient (Wildman–Crippen LogP) is 6.57. The molecule has 1 N–H and O–H groups in total.